The Labute approximate surface area is 285 Å². The molecule has 3 aromatic carbocycles. The molecule has 15 heteroatoms. The molecule has 4 aromatic rings. The summed E-state index contributed by atoms with van der Waals surface area (Å²) in [5, 5.41) is 9.29. The molecule has 5 rings (SSSR count). The molecule has 1 fully saturated rings. The molecule has 3 unspecified atom stereocenters. The molecular weight excluding hydrogens is 674 g/mol. The van der Waals surface area contributed by atoms with Gasteiger partial charge < -0.3 is 19.7 Å². The van der Waals surface area contributed by atoms with Gasteiger partial charge in [-0.3, -0.25) is 14.3 Å². The van der Waals surface area contributed by atoms with E-state index in [4.69, 9.17) is 14.6 Å². The molecule has 1 amide bonds. The summed E-state index contributed by atoms with van der Waals surface area (Å²) in [5.41, 5.74) is 3.15. The number of carbonyl (C=O) groups excluding carboxylic acids is 1. The Kier molecular flexibility index (Phi) is 14.1. The van der Waals surface area contributed by atoms with Crippen LogP contribution in [0.15, 0.2) is 60.7 Å². The Bertz CT molecular complexity index is 1700. The summed E-state index contributed by atoms with van der Waals surface area (Å²) in [6.45, 7) is 2.75. The van der Waals surface area contributed by atoms with E-state index in [1.54, 1.807) is 7.05 Å². The number of amides is 1. The summed E-state index contributed by atoms with van der Waals surface area (Å²) in [5.74, 6) is -2.25. The summed E-state index contributed by atoms with van der Waals surface area (Å²) in [6.07, 6.45) is -7.59. The number of anilines is 1. The third-order valence-electron chi connectivity index (χ3n) is 8.43. The first-order chi connectivity index (χ1) is 23.1. The predicted molar refractivity (Wildman–Crippen MR) is 178 cm³/mol. The smallest absolute Gasteiger partial charge is 0.416 e. The number of nitrogens with zero attached hydrogens (tertiary/aromatic N) is 2. The number of nitrogens with one attached hydrogen (secondary N) is 2. The summed E-state index contributed by atoms with van der Waals surface area (Å²) < 4.78 is 89.2. The van der Waals surface area contributed by atoms with Crippen molar-refractivity contribution >= 4 is 41.9 Å². The number of alkyl halides is 5. The van der Waals surface area contributed by atoms with Crippen LogP contribution in [-0.2, 0) is 27.5 Å². The number of thiol groups is 1. The SMILES string of the molecule is CNS.Cc1nc2cc(-c3ccc(C4CC(OCC(F)F)CC(C(=O)Nc5ccc(C(F)(F)F)cc5F)[C@@H]4C)cc3)ccc2n1C.O=CO. The number of benzene rings is 3. The van der Waals surface area contributed by atoms with Crippen molar-refractivity contribution < 1.29 is 45.8 Å². The van der Waals surface area contributed by atoms with Crippen LogP contribution < -0.4 is 10.0 Å². The molecule has 266 valence electrons. The van der Waals surface area contributed by atoms with Crippen molar-refractivity contribution in [1.29, 1.82) is 0 Å². The zero-order valence-corrected chi connectivity index (χ0v) is 28.0. The lowest BCUT2D eigenvalue weighted by Gasteiger charge is -2.40. The molecule has 0 saturated heterocycles. The second-order valence-corrected chi connectivity index (χ2v) is 11.9. The average Bonchev–Trinajstić information content (AvgIpc) is 3.33. The molecule has 1 aromatic heterocycles. The van der Waals surface area contributed by atoms with E-state index in [0.29, 0.717) is 18.6 Å². The quantitative estimate of drug-likeness (QED) is 0.0884. The Balaban J connectivity index is 0.00000101. The van der Waals surface area contributed by atoms with Gasteiger partial charge in [-0.1, -0.05) is 50.1 Å². The molecule has 0 aliphatic heterocycles. The zero-order chi connectivity index (χ0) is 36.5. The maximum atomic E-state index is 14.5. The standard InChI is InChI=1S/C32H31F6N3O2.CH5NS.CH2O2/c1-17-24(20-6-4-19(5-7-20)21-8-11-29-28(12-21)39-18(2)41(29)3)14-23(43-16-30(34)35)15-25(17)31(42)40-27-10-9-22(13-26(27)33)32(36,37)38;1-2-3;2-1-3/h4-13,17,23-25,30H,14-16H2,1-3H3,(H,40,42);2-3H,1H3;1H,(H,2,3)/t17-,23?,24?,25?;;/m1../s1. The number of carboxylic acid groups (broad SMARTS) is 1. The maximum Gasteiger partial charge on any atom is 0.416 e. The van der Waals surface area contributed by atoms with Gasteiger partial charge in [0.25, 0.3) is 12.9 Å². The number of rotatable bonds is 7. The van der Waals surface area contributed by atoms with Crippen molar-refractivity contribution in [2.24, 2.45) is 18.9 Å². The fraction of sp³-hybridized carbons (Fsp3) is 0.382. The summed E-state index contributed by atoms with van der Waals surface area (Å²) in [7, 11) is 3.69. The first kappa shape index (κ1) is 39.4. The molecule has 0 spiro atoms. The normalized spacial score (nSPS) is 19.0. The number of halogens is 6. The van der Waals surface area contributed by atoms with Crippen LogP contribution in [0.3, 0.4) is 0 Å². The maximum absolute atomic E-state index is 14.5. The molecular formula is C34H38F6N4O4S. The first-order valence-corrected chi connectivity index (χ1v) is 15.6. The fourth-order valence-corrected chi connectivity index (χ4v) is 5.94. The molecule has 0 radical (unpaired) electrons. The van der Waals surface area contributed by atoms with Crippen LogP contribution in [0.25, 0.3) is 22.2 Å². The van der Waals surface area contributed by atoms with Crippen LogP contribution in [0.4, 0.5) is 32.0 Å². The van der Waals surface area contributed by atoms with E-state index in [-0.39, 0.29) is 30.4 Å². The largest absolute Gasteiger partial charge is 0.483 e. The van der Waals surface area contributed by atoms with Gasteiger partial charge in [0.15, 0.2) is 0 Å². The van der Waals surface area contributed by atoms with Crippen LogP contribution in [0.5, 0.6) is 0 Å². The third kappa shape index (κ3) is 10.2. The minimum Gasteiger partial charge on any atom is -0.483 e. The Morgan fingerprint density at radius 2 is 1.71 bits per heavy atom. The lowest BCUT2D eigenvalue weighted by Crippen LogP contribution is -2.40. The van der Waals surface area contributed by atoms with Crippen molar-refractivity contribution in [1.82, 2.24) is 14.3 Å². The van der Waals surface area contributed by atoms with Crippen LogP contribution in [0.1, 0.15) is 42.6 Å². The Hall–Kier alpha value is -4.08. The Morgan fingerprint density at radius 1 is 1.10 bits per heavy atom. The monoisotopic (exact) mass is 712 g/mol. The molecule has 1 heterocycles. The number of aromatic nitrogens is 2. The van der Waals surface area contributed by atoms with Crippen molar-refractivity contribution in [3.8, 4) is 11.1 Å². The number of hydrogen-bond acceptors (Lipinski definition) is 6. The van der Waals surface area contributed by atoms with Crippen molar-refractivity contribution in [3.63, 3.8) is 0 Å². The van der Waals surface area contributed by atoms with Gasteiger partial charge in [0.1, 0.15) is 18.2 Å². The number of imidazole rings is 1. The highest BCUT2D eigenvalue weighted by Crippen LogP contribution is 2.43. The highest BCUT2D eigenvalue weighted by molar-refractivity contribution is 7.78. The fourth-order valence-electron chi connectivity index (χ4n) is 5.94. The van der Waals surface area contributed by atoms with E-state index in [1.807, 2.05) is 67.9 Å². The minimum atomic E-state index is -4.73. The molecule has 1 saturated carbocycles. The predicted octanol–water partition coefficient (Wildman–Crippen LogP) is 7.88. The van der Waals surface area contributed by atoms with Crippen LogP contribution >= 0.6 is 12.8 Å². The Morgan fingerprint density at radius 3 is 2.29 bits per heavy atom. The molecule has 49 heavy (non-hydrogen) atoms. The van der Waals surface area contributed by atoms with E-state index in [2.05, 4.69) is 27.8 Å². The number of ether oxygens (including phenoxy) is 1. The molecule has 4 atom stereocenters. The summed E-state index contributed by atoms with van der Waals surface area (Å²) >= 11 is 3.54. The van der Waals surface area contributed by atoms with Crippen LogP contribution in [-0.4, -0.2) is 53.2 Å². The first-order valence-electron chi connectivity index (χ1n) is 15.1. The second kappa shape index (κ2) is 17.5. The highest BCUT2D eigenvalue weighted by atomic mass is 32.1. The van der Waals surface area contributed by atoms with Crippen molar-refractivity contribution in [3.05, 3.63) is 83.4 Å². The van der Waals surface area contributed by atoms with Gasteiger partial charge in [0.05, 0.1) is 28.4 Å². The van der Waals surface area contributed by atoms with E-state index in [9.17, 15) is 31.1 Å². The van der Waals surface area contributed by atoms with Gasteiger partial charge in [-0.25, -0.2) is 18.2 Å². The average molecular weight is 713 g/mol. The van der Waals surface area contributed by atoms with Crippen LogP contribution in [0.2, 0.25) is 0 Å². The topological polar surface area (TPSA) is 105 Å². The van der Waals surface area contributed by atoms with E-state index >= 15 is 0 Å². The van der Waals surface area contributed by atoms with E-state index in [1.165, 1.54) is 0 Å². The van der Waals surface area contributed by atoms with Crippen molar-refractivity contribution in [2.45, 2.75) is 51.3 Å². The van der Waals surface area contributed by atoms with Gasteiger partial charge in [-0.15, -0.1) is 0 Å². The zero-order valence-electron chi connectivity index (χ0n) is 27.1. The van der Waals surface area contributed by atoms with E-state index < -0.39 is 48.5 Å². The van der Waals surface area contributed by atoms with Gasteiger partial charge in [-0.05, 0) is 85.7 Å². The molecule has 1 aliphatic carbocycles. The lowest BCUT2D eigenvalue weighted by atomic mass is 9.68. The number of aryl methyl sites for hydroxylation is 2. The third-order valence-corrected chi connectivity index (χ3v) is 8.43. The molecule has 1 aliphatic rings. The van der Waals surface area contributed by atoms with Gasteiger partial charge in [-0.2, -0.15) is 13.2 Å². The van der Waals surface area contributed by atoms with Crippen molar-refractivity contribution in [2.75, 3.05) is 19.0 Å². The molecule has 8 nitrogen and oxygen atoms in total. The molecule has 3 N–H and O–H groups in total. The van der Waals surface area contributed by atoms with E-state index in [0.717, 1.165) is 39.6 Å². The van der Waals surface area contributed by atoms with Gasteiger partial charge in [0.2, 0.25) is 5.91 Å². The minimum absolute atomic E-state index is 0.111. The molecule has 0 bridgehead atoms. The second-order valence-electron chi connectivity index (χ2n) is 11.4. The van der Waals surface area contributed by atoms with Gasteiger partial charge >= 0.3 is 6.18 Å². The highest BCUT2D eigenvalue weighted by Gasteiger charge is 2.40. The number of hydrogen-bond donors (Lipinski definition) is 4. The summed E-state index contributed by atoms with van der Waals surface area (Å²) in [6, 6.07) is 15.7. The lowest BCUT2D eigenvalue weighted by molar-refractivity contribution is -0.137. The summed E-state index contributed by atoms with van der Waals surface area (Å²) in [4.78, 5) is 26.3. The number of carbonyl (C=O) groups is 2. The van der Waals surface area contributed by atoms with Gasteiger partial charge in [0, 0.05) is 13.0 Å². The van der Waals surface area contributed by atoms with Crippen LogP contribution in [0, 0.1) is 24.6 Å². The number of fused-ring (bicyclic) bond motifs is 1.